The van der Waals surface area contributed by atoms with Crippen molar-refractivity contribution in [3.8, 4) is 0 Å². The minimum Gasteiger partial charge on any atom is -0.250 e. The van der Waals surface area contributed by atoms with Crippen LogP contribution in [0.3, 0.4) is 0 Å². The van der Waals surface area contributed by atoms with Crippen LogP contribution in [0.25, 0.3) is 0 Å². The predicted molar refractivity (Wildman–Crippen MR) is 71.8 cm³/mol. The lowest BCUT2D eigenvalue weighted by molar-refractivity contribution is 0.357. The highest BCUT2D eigenvalue weighted by Gasteiger charge is 2.24. The molecule has 0 radical (unpaired) electrons. The summed E-state index contributed by atoms with van der Waals surface area (Å²) in [6.45, 7) is 4.50. The maximum Gasteiger partial charge on any atom is 0.0959 e. The van der Waals surface area contributed by atoms with Gasteiger partial charge in [0.15, 0.2) is 0 Å². The summed E-state index contributed by atoms with van der Waals surface area (Å²) in [6.07, 6.45) is 4.22. The van der Waals surface area contributed by atoms with Gasteiger partial charge in [-0.1, -0.05) is 19.9 Å². The lowest BCUT2D eigenvalue weighted by Crippen LogP contribution is -2.24. The van der Waals surface area contributed by atoms with Crippen molar-refractivity contribution in [1.29, 1.82) is 0 Å². The molecule has 0 aliphatic rings. The Hall–Kier alpha value is -0.150. The van der Waals surface area contributed by atoms with Crippen molar-refractivity contribution < 1.29 is 0 Å². The Bertz CT molecular complexity index is 262. The van der Waals surface area contributed by atoms with Gasteiger partial charge in [0.2, 0.25) is 0 Å². The van der Waals surface area contributed by atoms with E-state index in [0.717, 1.165) is 16.5 Å². The van der Waals surface area contributed by atoms with Crippen LogP contribution < -0.4 is 0 Å². The van der Waals surface area contributed by atoms with Gasteiger partial charge in [0.25, 0.3) is 0 Å². The third kappa shape index (κ3) is 3.72. The van der Waals surface area contributed by atoms with Crippen molar-refractivity contribution in [2.45, 2.75) is 31.7 Å². The first-order valence-electron chi connectivity index (χ1n) is 5.41. The molecular formula is C12H19NS2. The second-order valence-corrected chi connectivity index (χ2v) is 5.13. The molecule has 0 saturated carbocycles. The number of rotatable bonds is 6. The molecule has 1 aromatic rings. The highest BCUT2D eigenvalue weighted by molar-refractivity contribution is 7.99. The van der Waals surface area contributed by atoms with E-state index in [4.69, 9.17) is 0 Å². The minimum absolute atomic E-state index is 0.366. The van der Waals surface area contributed by atoms with Crippen molar-refractivity contribution in [1.82, 2.24) is 4.98 Å². The number of thiol groups is 1. The summed E-state index contributed by atoms with van der Waals surface area (Å²) >= 11 is 6.32. The van der Waals surface area contributed by atoms with Gasteiger partial charge in [-0.05, 0) is 36.1 Å². The zero-order valence-electron chi connectivity index (χ0n) is 9.44. The van der Waals surface area contributed by atoms with E-state index in [1.54, 1.807) is 0 Å². The molecule has 1 aromatic heterocycles. The quantitative estimate of drug-likeness (QED) is 0.599. The van der Waals surface area contributed by atoms with E-state index in [0.29, 0.717) is 5.41 Å². The molecule has 0 aliphatic heterocycles. The topological polar surface area (TPSA) is 12.9 Å². The zero-order chi connectivity index (χ0) is 11.1. The number of hydrogen-bond donors (Lipinski definition) is 1. The molecule has 0 spiro atoms. The molecule has 1 nitrogen and oxygen atoms in total. The average molecular weight is 241 g/mol. The normalized spacial score (nSPS) is 11.7. The first-order valence-corrected chi connectivity index (χ1v) is 7.03. The Kier molecular flexibility index (Phi) is 5.54. The molecule has 0 aromatic carbocycles. The van der Waals surface area contributed by atoms with Gasteiger partial charge in [-0.15, -0.1) is 11.8 Å². The van der Waals surface area contributed by atoms with Gasteiger partial charge in [-0.3, -0.25) is 0 Å². The van der Waals surface area contributed by atoms with Crippen LogP contribution in [-0.2, 0) is 0 Å². The maximum absolute atomic E-state index is 4.47. The second-order valence-electron chi connectivity index (χ2n) is 3.82. The summed E-state index contributed by atoms with van der Waals surface area (Å²) in [5.41, 5.74) is 0.366. The van der Waals surface area contributed by atoms with Crippen molar-refractivity contribution >= 4 is 24.4 Å². The number of pyridine rings is 1. The van der Waals surface area contributed by atoms with Crippen LogP contribution >= 0.6 is 24.4 Å². The fourth-order valence-electron chi connectivity index (χ4n) is 1.38. The fourth-order valence-corrected chi connectivity index (χ4v) is 3.37. The molecule has 1 heterocycles. The summed E-state index contributed by atoms with van der Waals surface area (Å²) < 4.78 is 0. The summed E-state index contributed by atoms with van der Waals surface area (Å²) in [5, 5.41) is 1.12. The maximum atomic E-state index is 4.47. The van der Waals surface area contributed by atoms with Crippen LogP contribution in [0.2, 0.25) is 0 Å². The molecule has 0 atom stereocenters. The molecule has 0 bridgehead atoms. The van der Waals surface area contributed by atoms with E-state index >= 15 is 0 Å². The van der Waals surface area contributed by atoms with Gasteiger partial charge >= 0.3 is 0 Å². The lowest BCUT2D eigenvalue weighted by atomic mass is 9.87. The third-order valence-electron chi connectivity index (χ3n) is 3.00. The number of thioether (sulfide) groups is 1. The van der Waals surface area contributed by atoms with Crippen LogP contribution in [0, 0.1) is 5.41 Å². The van der Waals surface area contributed by atoms with E-state index < -0.39 is 0 Å². The molecule has 0 saturated heterocycles. The molecule has 0 fully saturated rings. The highest BCUT2D eigenvalue weighted by Crippen LogP contribution is 2.34. The van der Waals surface area contributed by atoms with E-state index in [2.05, 4.69) is 37.5 Å². The summed E-state index contributed by atoms with van der Waals surface area (Å²) in [6, 6.07) is 6.06. The SMILES string of the molecule is CCC(CC)(CS)CSc1ccccn1. The molecule has 15 heavy (non-hydrogen) atoms. The molecule has 0 unspecified atom stereocenters. The van der Waals surface area contributed by atoms with Crippen LogP contribution in [0.4, 0.5) is 0 Å². The second kappa shape index (κ2) is 6.44. The summed E-state index contributed by atoms with van der Waals surface area (Å²) in [5.74, 6) is 2.07. The Labute approximate surface area is 102 Å². The number of hydrogen-bond acceptors (Lipinski definition) is 3. The Morgan fingerprint density at radius 2 is 2.07 bits per heavy atom. The zero-order valence-corrected chi connectivity index (χ0v) is 11.2. The Balaban J connectivity index is 2.54. The lowest BCUT2D eigenvalue weighted by Gasteiger charge is -2.29. The van der Waals surface area contributed by atoms with Gasteiger partial charge < -0.3 is 0 Å². The van der Waals surface area contributed by atoms with Gasteiger partial charge in [0.1, 0.15) is 0 Å². The van der Waals surface area contributed by atoms with Crippen LogP contribution in [-0.4, -0.2) is 16.5 Å². The monoisotopic (exact) mass is 241 g/mol. The Morgan fingerprint density at radius 1 is 1.33 bits per heavy atom. The largest absolute Gasteiger partial charge is 0.250 e. The third-order valence-corrected chi connectivity index (χ3v) is 4.96. The fraction of sp³-hybridized carbons (Fsp3) is 0.583. The van der Waals surface area contributed by atoms with Crippen molar-refractivity contribution in [3.05, 3.63) is 24.4 Å². The van der Waals surface area contributed by atoms with Gasteiger partial charge in [0, 0.05) is 11.9 Å². The first-order chi connectivity index (χ1) is 7.26. The van der Waals surface area contributed by atoms with E-state index in [-0.39, 0.29) is 0 Å². The Morgan fingerprint density at radius 3 is 2.53 bits per heavy atom. The van der Waals surface area contributed by atoms with Crippen LogP contribution in [0.15, 0.2) is 29.4 Å². The first kappa shape index (κ1) is 12.9. The van der Waals surface area contributed by atoms with E-state index in [9.17, 15) is 0 Å². The van der Waals surface area contributed by atoms with Crippen LogP contribution in [0.5, 0.6) is 0 Å². The minimum atomic E-state index is 0.366. The van der Waals surface area contributed by atoms with Crippen molar-refractivity contribution in [2.75, 3.05) is 11.5 Å². The van der Waals surface area contributed by atoms with Crippen molar-refractivity contribution in [2.24, 2.45) is 5.41 Å². The van der Waals surface area contributed by atoms with Crippen molar-refractivity contribution in [3.63, 3.8) is 0 Å². The smallest absolute Gasteiger partial charge is 0.0959 e. The highest BCUT2D eigenvalue weighted by atomic mass is 32.2. The molecule has 3 heteroatoms. The van der Waals surface area contributed by atoms with Gasteiger partial charge in [-0.25, -0.2) is 4.98 Å². The van der Waals surface area contributed by atoms with E-state index in [1.807, 2.05) is 30.1 Å². The number of nitrogens with zero attached hydrogens (tertiary/aromatic N) is 1. The molecule has 84 valence electrons. The average Bonchev–Trinajstić information content (AvgIpc) is 2.33. The van der Waals surface area contributed by atoms with Gasteiger partial charge in [0.05, 0.1) is 5.03 Å². The van der Waals surface area contributed by atoms with Gasteiger partial charge in [-0.2, -0.15) is 12.6 Å². The molecule has 0 aliphatic carbocycles. The standard InChI is InChI=1S/C12H19NS2/c1-3-12(4-2,9-14)10-15-11-7-5-6-8-13-11/h5-8,14H,3-4,9-10H2,1-2H3. The summed E-state index contributed by atoms with van der Waals surface area (Å²) in [4.78, 5) is 4.32. The number of aromatic nitrogens is 1. The van der Waals surface area contributed by atoms with E-state index in [1.165, 1.54) is 12.8 Å². The molecule has 0 amide bonds. The molecule has 1 rings (SSSR count). The molecule has 0 N–H and O–H groups in total. The summed E-state index contributed by atoms with van der Waals surface area (Å²) in [7, 11) is 0. The molecular weight excluding hydrogens is 222 g/mol. The predicted octanol–water partition coefficient (Wildman–Crippen LogP) is 3.91. The van der Waals surface area contributed by atoms with Crippen LogP contribution in [0.1, 0.15) is 26.7 Å².